The van der Waals surface area contributed by atoms with Crippen LogP contribution in [0.5, 0.6) is 23.0 Å². The normalized spacial score (nSPS) is 14.8. The molecule has 28 heavy (non-hydrogen) atoms. The molecule has 1 unspecified atom stereocenters. The zero-order valence-corrected chi connectivity index (χ0v) is 16.2. The lowest BCUT2D eigenvalue weighted by Gasteiger charge is -2.21. The largest absolute Gasteiger partial charge is 0.867 e. The summed E-state index contributed by atoms with van der Waals surface area (Å²) in [6, 6.07) is 4.39. The first kappa shape index (κ1) is 19.3. The molecular weight excluding hydrogens is 362 g/mol. The zero-order valence-electron chi connectivity index (χ0n) is 16.2. The van der Waals surface area contributed by atoms with E-state index in [9.17, 15) is 15.3 Å². The van der Waals surface area contributed by atoms with Gasteiger partial charge < -0.3 is 24.6 Å². The average Bonchev–Trinajstić information content (AvgIpc) is 2.82. The first-order valence-corrected chi connectivity index (χ1v) is 8.74. The van der Waals surface area contributed by atoms with Gasteiger partial charge in [-0.2, -0.15) is 0 Å². The van der Waals surface area contributed by atoms with Gasteiger partial charge in [-0.3, -0.25) is 4.79 Å². The van der Waals surface area contributed by atoms with Gasteiger partial charge in [-0.1, -0.05) is 6.07 Å². The van der Waals surface area contributed by atoms with Gasteiger partial charge >= 0.3 is 5.69 Å². The summed E-state index contributed by atoms with van der Waals surface area (Å²) in [5, 5.41) is 24.4. The Bertz CT molecular complexity index is 981. The third-order valence-corrected chi connectivity index (χ3v) is 4.88. The molecule has 146 valence electrons. The SMILES string of the molecule is COc1cc2c(c(OC)c1OC)-c1cc([N+]#N)c([O-])cc1C(NC(C)=O)CC2. The predicted octanol–water partition coefficient (Wildman–Crippen LogP) is 3.06. The fraction of sp³-hybridized carbons (Fsp3) is 0.350. The summed E-state index contributed by atoms with van der Waals surface area (Å²) in [6.45, 7) is 1.43. The van der Waals surface area contributed by atoms with Crippen LogP contribution in [0.2, 0.25) is 0 Å². The highest BCUT2D eigenvalue weighted by atomic mass is 16.5. The monoisotopic (exact) mass is 383 g/mol. The third kappa shape index (κ3) is 3.16. The molecule has 8 nitrogen and oxygen atoms in total. The molecule has 0 saturated carbocycles. The second kappa shape index (κ2) is 7.64. The number of nitrogens with zero attached hydrogens (tertiary/aromatic N) is 2. The van der Waals surface area contributed by atoms with Crippen molar-refractivity contribution in [3.63, 3.8) is 0 Å². The van der Waals surface area contributed by atoms with Gasteiger partial charge in [-0.15, -0.1) is 0 Å². The van der Waals surface area contributed by atoms with E-state index in [1.54, 1.807) is 7.11 Å². The molecule has 2 aromatic carbocycles. The van der Waals surface area contributed by atoms with E-state index in [4.69, 9.17) is 14.2 Å². The Morgan fingerprint density at radius 1 is 1.18 bits per heavy atom. The molecule has 2 aromatic rings. The molecule has 1 atom stereocenters. The van der Waals surface area contributed by atoms with Crippen molar-refractivity contribution in [2.75, 3.05) is 21.3 Å². The number of carbonyl (C=O) groups is 1. The number of hydrogen-bond donors (Lipinski definition) is 1. The number of benzene rings is 2. The predicted molar refractivity (Wildman–Crippen MR) is 101 cm³/mol. The van der Waals surface area contributed by atoms with Gasteiger partial charge in [0.2, 0.25) is 17.0 Å². The van der Waals surface area contributed by atoms with E-state index in [-0.39, 0.29) is 17.6 Å². The smallest absolute Gasteiger partial charge is 0.378 e. The van der Waals surface area contributed by atoms with E-state index >= 15 is 0 Å². The first-order valence-electron chi connectivity index (χ1n) is 8.74. The lowest BCUT2D eigenvalue weighted by Crippen LogP contribution is -2.26. The Labute approximate surface area is 162 Å². The highest BCUT2D eigenvalue weighted by molar-refractivity contribution is 5.86. The van der Waals surface area contributed by atoms with E-state index in [0.29, 0.717) is 46.8 Å². The van der Waals surface area contributed by atoms with Crippen LogP contribution < -0.4 is 24.6 Å². The van der Waals surface area contributed by atoms with Crippen molar-refractivity contribution in [1.29, 1.82) is 5.39 Å². The van der Waals surface area contributed by atoms with E-state index in [2.05, 4.69) is 10.3 Å². The number of nitrogens with one attached hydrogen (secondary N) is 1. The fourth-order valence-corrected chi connectivity index (χ4v) is 3.72. The van der Waals surface area contributed by atoms with Crippen LogP contribution in [0.1, 0.15) is 30.5 Å². The maximum Gasteiger partial charge on any atom is 0.378 e. The summed E-state index contributed by atoms with van der Waals surface area (Å²) in [7, 11) is 4.58. The molecule has 0 heterocycles. The maximum absolute atomic E-state index is 12.3. The highest BCUT2D eigenvalue weighted by Crippen LogP contribution is 2.51. The summed E-state index contributed by atoms with van der Waals surface area (Å²) < 4.78 is 16.6. The number of hydrogen-bond acceptors (Lipinski definition) is 6. The molecule has 0 fully saturated rings. The summed E-state index contributed by atoms with van der Waals surface area (Å²) in [5.74, 6) is 0.752. The van der Waals surface area contributed by atoms with Gasteiger partial charge in [-0.25, -0.2) is 0 Å². The van der Waals surface area contributed by atoms with Crippen molar-refractivity contribution in [1.82, 2.24) is 5.32 Å². The van der Waals surface area contributed by atoms with E-state index in [0.717, 1.165) is 5.56 Å². The topological polar surface area (TPSA) is 108 Å². The summed E-state index contributed by atoms with van der Waals surface area (Å²) in [5.41, 5.74) is 2.80. The molecule has 0 radical (unpaired) electrons. The molecule has 1 N–H and O–H groups in total. The molecule has 0 bridgehead atoms. The minimum Gasteiger partial charge on any atom is -0.867 e. The van der Waals surface area contributed by atoms with Gasteiger partial charge in [0.05, 0.1) is 27.4 Å². The van der Waals surface area contributed by atoms with Gasteiger partial charge in [0.25, 0.3) is 0 Å². The molecule has 8 heteroatoms. The number of aryl methyl sites for hydroxylation is 1. The van der Waals surface area contributed by atoms with Crippen LogP contribution in [-0.2, 0) is 11.2 Å². The van der Waals surface area contributed by atoms with Gasteiger partial charge in [0.1, 0.15) is 0 Å². The minimum atomic E-state index is -0.431. The summed E-state index contributed by atoms with van der Waals surface area (Å²) >= 11 is 0. The van der Waals surface area contributed by atoms with Gasteiger partial charge in [0, 0.05) is 18.6 Å². The molecule has 0 saturated heterocycles. The number of ether oxygens (including phenoxy) is 3. The van der Waals surface area contributed by atoms with Crippen molar-refractivity contribution in [2.24, 2.45) is 0 Å². The zero-order chi connectivity index (χ0) is 20.4. The van der Waals surface area contributed by atoms with E-state index < -0.39 is 5.75 Å². The van der Waals surface area contributed by atoms with Crippen molar-refractivity contribution < 1.29 is 24.1 Å². The lowest BCUT2D eigenvalue weighted by atomic mass is 9.93. The maximum atomic E-state index is 12.3. The Morgan fingerprint density at radius 3 is 2.46 bits per heavy atom. The van der Waals surface area contributed by atoms with Gasteiger partial charge in [-0.05, 0) is 41.3 Å². The Morgan fingerprint density at radius 2 is 1.89 bits per heavy atom. The Kier molecular flexibility index (Phi) is 5.27. The fourth-order valence-electron chi connectivity index (χ4n) is 3.72. The summed E-state index contributed by atoms with van der Waals surface area (Å²) in [6.07, 6.45) is 1.18. The van der Waals surface area contributed by atoms with E-state index in [1.807, 2.05) is 6.07 Å². The minimum absolute atomic E-state index is 0.0926. The van der Waals surface area contributed by atoms with Gasteiger partial charge in [0.15, 0.2) is 16.5 Å². The van der Waals surface area contributed by atoms with Crippen molar-refractivity contribution in [3.8, 4) is 34.1 Å². The Hall–Kier alpha value is -3.47. The molecule has 0 spiro atoms. The highest BCUT2D eigenvalue weighted by Gasteiger charge is 2.31. The first-order chi connectivity index (χ1) is 13.4. The van der Waals surface area contributed by atoms with Crippen LogP contribution in [0.3, 0.4) is 0 Å². The number of rotatable bonds is 4. The number of methoxy groups -OCH3 is 3. The molecule has 0 aliphatic heterocycles. The van der Waals surface area contributed by atoms with Crippen LogP contribution in [-0.4, -0.2) is 27.2 Å². The molecular formula is C20H21N3O5. The number of carbonyl (C=O) groups excluding carboxylic acids is 1. The standard InChI is InChI=1S/C20H21N3O5/c1-10(24)22-14-6-5-11-7-17(26-2)19(27-3)20(28-4)18(11)13-8-15(23-21)16(25)9-12(13)14/h7-9,14H,5-6H2,1-4H3,(H-,22,24,25). The molecule has 1 aliphatic rings. The molecule has 1 aliphatic carbocycles. The number of fused-ring (bicyclic) bond motifs is 3. The van der Waals surface area contributed by atoms with Crippen molar-refractivity contribution in [2.45, 2.75) is 25.8 Å². The van der Waals surface area contributed by atoms with Crippen LogP contribution in [0, 0.1) is 5.39 Å². The lowest BCUT2D eigenvalue weighted by molar-refractivity contribution is -0.267. The van der Waals surface area contributed by atoms with Crippen molar-refractivity contribution in [3.05, 3.63) is 34.3 Å². The quantitative estimate of drug-likeness (QED) is 0.813. The van der Waals surface area contributed by atoms with Crippen LogP contribution in [0.25, 0.3) is 16.1 Å². The second-order valence-corrected chi connectivity index (χ2v) is 6.48. The van der Waals surface area contributed by atoms with Crippen LogP contribution in [0.4, 0.5) is 5.69 Å². The summed E-state index contributed by atoms with van der Waals surface area (Å²) in [4.78, 5) is 14.8. The molecule has 3 rings (SSSR count). The Balaban J connectivity index is 2.38. The van der Waals surface area contributed by atoms with Crippen LogP contribution >= 0.6 is 0 Å². The average molecular weight is 383 g/mol. The second-order valence-electron chi connectivity index (χ2n) is 6.48. The van der Waals surface area contributed by atoms with Crippen LogP contribution in [0.15, 0.2) is 18.2 Å². The number of amides is 1. The van der Waals surface area contributed by atoms with Crippen molar-refractivity contribution >= 4 is 11.6 Å². The van der Waals surface area contributed by atoms with E-state index in [1.165, 1.54) is 33.3 Å². The number of diazo groups is 1. The third-order valence-electron chi connectivity index (χ3n) is 4.88. The molecule has 1 amide bonds. The molecule has 0 aromatic heterocycles.